The molecule has 240 valence electrons. The van der Waals surface area contributed by atoms with Gasteiger partial charge in [0, 0.05) is 6.08 Å². The molecule has 1 aliphatic rings. The van der Waals surface area contributed by atoms with Crippen LogP contribution in [0.5, 0.6) is 0 Å². The molecule has 0 radical (unpaired) electrons. The number of carbonyl (C=O) groups excluding carboxylic acids is 1. The SMILES string of the molecule is CCCCCCCCCC=CC=CC=CC=CC=CC=CC(=O)OCC=C(C)C=CC=C(C)C=CC1=C(C)CCCC1(C)C. The fourth-order valence-electron chi connectivity index (χ4n) is 5.05. The zero-order chi connectivity index (χ0) is 32.3. The summed E-state index contributed by atoms with van der Waals surface area (Å²) < 4.78 is 5.27. The summed E-state index contributed by atoms with van der Waals surface area (Å²) in [6.07, 6.45) is 50.1. The quantitative estimate of drug-likeness (QED) is 0.0605. The first-order valence-corrected chi connectivity index (χ1v) is 16.8. The van der Waals surface area contributed by atoms with Crippen LogP contribution >= 0.6 is 0 Å². The fraction of sp³-hybridized carbons (Fsp3) is 0.452. The van der Waals surface area contributed by atoms with Crippen molar-refractivity contribution in [3.63, 3.8) is 0 Å². The first kappa shape index (κ1) is 38.6. The number of hydrogen-bond donors (Lipinski definition) is 0. The molecule has 0 saturated carbocycles. The number of rotatable bonds is 20. The molecule has 2 heteroatoms. The van der Waals surface area contributed by atoms with E-state index in [1.165, 1.54) is 87.0 Å². The highest BCUT2D eigenvalue weighted by atomic mass is 16.5. The van der Waals surface area contributed by atoms with Crippen molar-refractivity contribution in [1.29, 1.82) is 0 Å². The van der Waals surface area contributed by atoms with Gasteiger partial charge >= 0.3 is 5.97 Å². The number of allylic oxidation sites excluding steroid dienone is 20. The van der Waals surface area contributed by atoms with Crippen molar-refractivity contribution in [2.24, 2.45) is 5.41 Å². The van der Waals surface area contributed by atoms with Gasteiger partial charge in [-0.05, 0) is 69.9 Å². The van der Waals surface area contributed by atoms with Crippen LogP contribution in [-0.2, 0) is 9.53 Å². The van der Waals surface area contributed by atoms with Gasteiger partial charge in [-0.25, -0.2) is 4.79 Å². The minimum absolute atomic E-state index is 0.251. The predicted octanol–water partition coefficient (Wildman–Crippen LogP) is 12.5. The second kappa shape index (κ2) is 25.0. The van der Waals surface area contributed by atoms with Crippen molar-refractivity contribution in [3.8, 4) is 0 Å². The van der Waals surface area contributed by atoms with Crippen LogP contribution < -0.4 is 0 Å². The smallest absolute Gasteiger partial charge is 0.331 e. The lowest BCUT2D eigenvalue weighted by molar-refractivity contribution is -0.136. The normalized spacial score (nSPS) is 17.1. The van der Waals surface area contributed by atoms with Crippen LogP contribution in [-0.4, -0.2) is 12.6 Å². The van der Waals surface area contributed by atoms with Gasteiger partial charge in [0.25, 0.3) is 0 Å². The van der Waals surface area contributed by atoms with E-state index in [-0.39, 0.29) is 18.0 Å². The lowest BCUT2D eigenvalue weighted by Gasteiger charge is -2.32. The van der Waals surface area contributed by atoms with Crippen LogP contribution in [0, 0.1) is 5.41 Å². The molecule has 0 atom stereocenters. The van der Waals surface area contributed by atoms with Gasteiger partial charge in [0.15, 0.2) is 0 Å². The van der Waals surface area contributed by atoms with Crippen molar-refractivity contribution in [2.75, 3.05) is 6.61 Å². The third-order valence-corrected chi connectivity index (χ3v) is 7.75. The number of esters is 1. The van der Waals surface area contributed by atoms with Crippen molar-refractivity contribution >= 4 is 5.97 Å². The minimum Gasteiger partial charge on any atom is -0.458 e. The Bertz CT molecular complexity index is 1150. The summed E-state index contributed by atoms with van der Waals surface area (Å²) in [6.45, 7) is 13.6. The van der Waals surface area contributed by atoms with Crippen LogP contribution in [0.25, 0.3) is 0 Å². The average molecular weight is 597 g/mol. The standard InChI is InChI=1S/C42H60O2/c1-7-8-9-10-11-12-13-14-15-16-17-18-19-20-21-22-23-24-25-31-41(43)44-36-34-38(3)29-26-28-37(2)32-33-40-39(4)30-27-35-42(40,5)6/h15-26,28-29,31-34H,7-14,27,30,35-36H2,1-6H3. The lowest BCUT2D eigenvalue weighted by atomic mass is 9.72. The molecule has 0 aromatic heterocycles. The second-order valence-corrected chi connectivity index (χ2v) is 12.3. The van der Waals surface area contributed by atoms with E-state index in [0.29, 0.717) is 0 Å². The highest BCUT2D eigenvalue weighted by Crippen LogP contribution is 2.40. The number of hydrogen-bond acceptors (Lipinski definition) is 2. The maximum absolute atomic E-state index is 11.9. The molecule has 0 unspecified atom stereocenters. The first-order chi connectivity index (χ1) is 21.3. The summed E-state index contributed by atoms with van der Waals surface area (Å²) in [6, 6.07) is 0. The van der Waals surface area contributed by atoms with Crippen LogP contribution in [0.15, 0.2) is 132 Å². The summed E-state index contributed by atoms with van der Waals surface area (Å²) in [7, 11) is 0. The van der Waals surface area contributed by atoms with Gasteiger partial charge in [-0.2, -0.15) is 0 Å². The zero-order valence-corrected chi connectivity index (χ0v) is 28.7. The summed E-state index contributed by atoms with van der Waals surface area (Å²) >= 11 is 0. The van der Waals surface area contributed by atoms with E-state index in [1.807, 2.05) is 67.7 Å². The maximum atomic E-state index is 11.9. The third-order valence-electron chi connectivity index (χ3n) is 7.75. The maximum Gasteiger partial charge on any atom is 0.331 e. The van der Waals surface area contributed by atoms with Crippen molar-refractivity contribution in [1.82, 2.24) is 0 Å². The van der Waals surface area contributed by atoms with Crippen molar-refractivity contribution in [2.45, 2.75) is 112 Å². The molecule has 0 aromatic carbocycles. The van der Waals surface area contributed by atoms with Crippen molar-refractivity contribution in [3.05, 3.63) is 132 Å². The largest absolute Gasteiger partial charge is 0.458 e. The van der Waals surface area contributed by atoms with Gasteiger partial charge in [-0.3, -0.25) is 0 Å². The average Bonchev–Trinajstić information content (AvgIpc) is 2.97. The number of carbonyl (C=O) groups is 1. The van der Waals surface area contributed by atoms with E-state index in [1.54, 1.807) is 6.08 Å². The fourth-order valence-corrected chi connectivity index (χ4v) is 5.05. The molecule has 44 heavy (non-hydrogen) atoms. The Hall–Kier alpha value is -3.39. The summed E-state index contributed by atoms with van der Waals surface area (Å²) in [5.41, 5.74) is 5.51. The minimum atomic E-state index is -0.354. The van der Waals surface area contributed by atoms with Gasteiger partial charge in [0.2, 0.25) is 0 Å². The second-order valence-electron chi connectivity index (χ2n) is 12.3. The highest BCUT2D eigenvalue weighted by Gasteiger charge is 2.26. The Morgan fingerprint density at radius 2 is 1.36 bits per heavy atom. The Morgan fingerprint density at radius 1 is 0.750 bits per heavy atom. The zero-order valence-electron chi connectivity index (χ0n) is 28.7. The molecule has 0 spiro atoms. The summed E-state index contributed by atoms with van der Waals surface area (Å²) in [5, 5.41) is 0. The molecule has 0 saturated heterocycles. The third kappa shape index (κ3) is 20.5. The molecule has 0 bridgehead atoms. The van der Waals surface area contributed by atoms with Gasteiger partial charge in [-0.15, -0.1) is 0 Å². The molecule has 0 aliphatic heterocycles. The van der Waals surface area contributed by atoms with E-state index < -0.39 is 0 Å². The number of ether oxygens (including phenoxy) is 1. The van der Waals surface area contributed by atoms with E-state index >= 15 is 0 Å². The number of unbranched alkanes of at least 4 members (excludes halogenated alkanes) is 7. The monoisotopic (exact) mass is 596 g/mol. The molecule has 0 aromatic rings. The lowest BCUT2D eigenvalue weighted by Crippen LogP contribution is -2.19. The summed E-state index contributed by atoms with van der Waals surface area (Å²) in [5.74, 6) is -0.354. The molecule has 0 fully saturated rings. The van der Waals surface area contributed by atoms with E-state index in [2.05, 4.69) is 71.1 Å². The predicted molar refractivity (Wildman–Crippen MR) is 195 cm³/mol. The van der Waals surface area contributed by atoms with Gasteiger partial charge < -0.3 is 4.74 Å². The molecule has 0 amide bonds. The first-order valence-electron chi connectivity index (χ1n) is 16.8. The Labute approximate surface area is 270 Å². The van der Waals surface area contributed by atoms with Crippen LogP contribution in [0.2, 0.25) is 0 Å². The summed E-state index contributed by atoms with van der Waals surface area (Å²) in [4.78, 5) is 11.9. The van der Waals surface area contributed by atoms with Crippen LogP contribution in [0.3, 0.4) is 0 Å². The van der Waals surface area contributed by atoms with Gasteiger partial charge in [0.05, 0.1) is 0 Å². The van der Waals surface area contributed by atoms with E-state index in [4.69, 9.17) is 4.74 Å². The van der Waals surface area contributed by atoms with Gasteiger partial charge in [-0.1, -0.05) is 173 Å². The molecular formula is C42H60O2. The Balaban J connectivity index is 2.25. The van der Waals surface area contributed by atoms with Crippen LogP contribution in [0.1, 0.15) is 112 Å². The molecule has 1 aliphatic carbocycles. The molecule has 0 heterocycles. The van der Waals surface area contributed by atoms with E-state index in [0.717, 1.165) is 12.0 Å². The van der Waals surface area contributed by atoms with E-state index in [9.17, 15) is 4.79 Å². The highest BCUT2D eigenvalue weighted by molar-refractivity contribution is 5.82. The van der Waals surface area contributed by atoms with Gasteiger partial charge in [0.1, 0.15) is 6.61 Å². The van der Waals surface area contributed by atoms with Crippen LogP contribution in [0.4, 0.5) is 0 Å². The molecule has 0 N–H and O–H groups in total. The molecule has 2 nitrogen and oxygen atoms in total. The molecular weight excluding hydrogens is 536 g/mol. The van der Waals surface area contributed by atoms with Crippen molar-refractivity contribution < 1.29 is 9.53 Å². The Morgan fingerprint density at radius 3 is 2.02 bits per heavy atom. The Kier molecular flexibility index (Phi) is 21.9. The molecule has 1 rings (SSSR count). The topological polar surface area (TPSA) is 26.3 Å².